The second-order valence-electron chi connectivity index (χ2n) is 4.80. The molecule has 92 valence electrons. The van der Waals surface area contributed by atoms with E-state index in [0.29, 0.717) is 5.56 Å². The molecule has 0 aromatic heterocycles. The molecule has 0 atom stereocenters. The van der Waals surface area contributed by atoms with E-state index in [0.717, 1.165) is 42.4 Å². The molecule has 2 rings (SSSR count). The Morgan fingerprint density at radius 2 is 2.06 bits per heavy atom. The molecule has 0 aliphatic carbocycles. The smallest absolute Gasteiger partial charge is 0.152 e. The van der Waals surface area contributed by atoms with Crippen LogP contribution in [0, 0.1) is 0 Å². The van der Waals surface area contributed by atoms with Crippen molar-refractivity contribution in [3.63, 3.8) is 0 Å². The lowest BCUT2D eigenvalue weighted by atomic mass is 9.93. The first kappa shape index (κ1) is 12.6. The predicted molar refractivity (Wildman–Crippen MR) is 71.6 cm³/mol. The van der Waals surface area contributed by atoms with Crippen LogP contribution in [0.2, 0.25) is 0 Å². The molecule has 1 fully saturated rings. The van der Waals surface area contributed by atoms with Crippen LogP contribution in [0.15, 0.2) is 22.7 Å². The number of carbonyl (C=O) groups is 1. The number of carbonyl (C=O) groups excluding carboxylic acids is 1. The summed E-state index contributed by atoms with van der Waals surface area (Å²) >= 11 is 3.36. The number of rotatable bonds is 2. The number of halogens is 1. The minimum absolute atomic E-state index is 0.562. The Kier molecular flexibility index (Phi) is 3.54. The number of aldehydes is 1. The molecule has 0 radical (unpaired) electrons. The Morgan fingerprint density at radius 1 is 1.41 bits per heavy atom. The summed E-state index contributed by atoms with van der Waals surface area (Å²) in [5.41, 5.74) is 1.09. The van der Waals surface area contributed by atoms with Gasteiger partial charge in [-0.25, -0.2) is 0 Å². The van der Waals surface area contributed by atoms with Gasteiger partial charge in [-0.1, -0.05) is 15.9 Å². The first-order chi connectivity index (χ1) is 8.02. The number of nitrogens with zero attached hydrogens (tertiary/aromatic N) is 1. The van der Waals surface area contributed by atoms with Crippen LogP contribution >= 0.6 is 15.9 Å². The lowest BCUT2D eigenvalue weighted by Crippen LogP contribution is -2.42. The summed E-state index contributed by atoms with van der Waals surface area (Å²) in [4.78, 5) is 13.2. The monoisotopic (exact) mass is 297 g/mol. The fourth-order valence-corrected chi connectivity index (χ4v) is 2.52. The highest BCUT2D eigenvalue weighted by atomic mass is 79.9. The zero-order valence-electron chi connectivity index (χ0n) is 9.82. The van der Waals surface area contributed by atoms with Gasteiger partial charge in [0, 0.05) is 28.8 Å². The van der Waals surface area contributed by atoms with Gasteiger partial charge in [0.1, 0.15) is 0 Å². The van der Waals surface area contributed by atoms with Crippen molar-refractivity contribution in [2.24, 2.45) is 0 Å². The molecule has 3 nitrogen and oxygen atoms in total. The second-order valence-corrected chi connectivity index (χ2v) is 5.72. The average molecular weight is 298 g/mol. The summed E-state index contributed by atoms with van der Waals surface area (Å²) in [6.45, 7) is 3.44. The molecular weight excluding hydrogens is 282 g/mol. The number of benzene rings is 1. The quantitative estimate of drug-likeness (QED) is 0.853. The molecule has 1 aliphatic heterocycles. The van der Waals surface area contributed by atoms with E-state index in [1.165, 1.54) is 0 Å². The van der Waals surface area contributed by atoms with Crippen LogP contribution in [-0.2, 0) is 0 Å². The zero-order chi connectivity index (χ0) is 12.5. The maximum atomic E-state index is 11.1. The molecule has 0 spiro atoms. The van der Waals surface area contributed by atoms with Crippen LogP contribution in [0.25, 0.3) is 0 Å². The molecule has 1 saturated heterocycles. The van der Waals surface area contributed by atoms with Crippen LogP contribution < -0.4 is 4.90 Å². The fraction of sp³-hybridized carbons (Fsp3) is 0.462. The highest BCUT2D eigenvalue weighted by molar-refractivity contribution is 9.10. The Balaban J connectivity index is 2.21. The van der Waals surface area contributed by atoms with Crippen molar-refractivity contribution in [1.29, 1.82) is 0 Å². The lowest BCUT2D eigenvalue weighted by Gasteiger charge is -2.37. The van der Waals surface area contributed by atoms with Gasteiger partial charge in [-0.05, 0) is 38.0 Å². The summed E-state index contributed by atoms with van der Waals surface area (Å²) in [5, 5.41) is 9.91. The number of aliphatic hydroxyl groups is 1. The topological polar surface area (TPSA) is 40.5 Å². The standard InChI is InChI=1S/C13H16BrNO2/c1-13(17)4-6-15(7-5-13)12-3-2-11(14)8-10(12)9-16/h2-3,8-9,17H,4-7H2,1H3. The van der Waals surface area contributed by atoms with Gasteiger partial charge in [-0.2, -0.15) is 0 Å². The van der Waals surface area contributed by atoms with E-state index in [9.17, 15) is 9.90 Å². The van der Waals surface area contributed by atoms with Crippen molar-refractivity contribution >= 4 is 27.9 Å². The second kappa shape index (κ2) is 4.78. The zero-order valence-corrected chi connectivity index (χ0v) is 11.4. The molecule has 4 heteroatoms. The third-order valence-corrected chi connectivity index (χ3v) is 3.79. The van der Waals surface area contributed by atoms with Crippen molar-refractivity contribution in [2.45, 2.75) is 25.4 Å². The van der Waals surface area contributed by atoms with Crippen LogP contribution in [0.3, 0.4) is 0 Å². The van der Waals surface area contributed by atoms with Gasteiger partial charge >= 0.3 is 0 Å². The highest BCUT2D eigenvalue weighted by Crippen LogP contribution is 2.29. The molecule has 0 saturated carbocycles. The number of anilines is 1. The maximum absolute atomic E-state index is 11.1. The molecule has 1 heterocycles. The van der Waals surface area contributed by atoms with Crippen molar-refractivity contribution < 1.29 is 9.90 Å². The molecule has 0 unspecified atom stereocenters. The summed E-state index contributed by atoms with van der Waals surface area (Å²) in [7, 11) is 0. The molecule has 0 bridgehead atoms. The van der Waals surface area contributed by atoms with Crippen molar-refractivity contribution in [1.82, 2.24) is 0 Å². The molecule has 1 aromatic rings. The van der Waals surface area contributed by atoms with Gasteiger partial charge in [-0.3, -0.25) is 4.79 Å². The Morgan fingerprint density at radius 3 is 2.65 bits per heavy atom. The van der Waals surface area contributed by atoms with E-state index in [1.54, 1.807) is 0 Å². The van der Waals surface area contributed by atoms with Gasteiger partial charge < -0.3 is 10.0 Å². The van der Waals surface area contributed by atoms with E-state index in [4.69, 9.17) is 0 Å². The summed E-state index contributed by atoms with van der Waals surface area (Å²) < 4.78 is 0.910. The van der Waals surface area contributed by atoms with E-state index >= 15 is 0 Å². The van der Waals surface area contributed by atoms with Crippen molar-refractivity contribution in [3.8, 4) is 0 Å². The molecule has 17 heavy (non-hydrogen) atoms. The number of hydrogen-bond acceptors (Lipinski definition) is 3. The fourth-order valence-electron chi connectivity index (χ4n) is 2.14. The normalized spacial score (nSPS) is 19.1. The summed E-state index contributed by atoms with van der Waals surface area (Å²) in [6.07, 6.45) is 2.36. The minimum atomic E-state index is -0.562. The minimum Gasteiger partial charge on any atom is -0.390 e. The molecule has 1 N–H and O–H groups in total. The molecule has 1 aliphatic rings. The maximum Gasteiger partial charge on any atom is 0.152 e. The molecule has 1 aromatic carbocycles. The SMILES string of the molecule is CC1(O)CCN(c2ccc(Br)cc2C=O)CC1. The van der Waals surface area contributed by atoms with Crippen LogP contribution in [0.1, 0.15) is 30.1 Å². The van der Waals surface area contributed by atoms with E-state index in [2.05, 4.69) is 20.8 Å². The third kappa shape index (κ3) is 2.87. The van der Waals surface area contributed by atoms with Gasteiger partial charge in [0.25, 0.3) is 0 Å². The van der Waals surface area contributed by atoms with E-state index < -0.39 is 5.60 Å². The average Bonchev–Trinajstić information content (AvgIpc) is 2.29. The van der Waals surface area contributed by atoms with Crippen LogP contribution in [-0.4, -0.2) is 30.1 Å². The number of piperidine rings is 1. The van der Waals surface area contributed by atoms with Gasteiger partial charge in [0.15, 0.2) is 6.29 Å². The lowest BCUT2D eigenvalue weighted by molar-refractivity contribution is 0.0351. The summed E-state index contributed by atoms with van der Waals surface area (Å²) in [5.74, 6) is 0. The Bertz CT molecular complexity index is 421. The van der Waals surface area contributed by atoms with Crippen LogP contribution in [0.5, 0.6) is 0 Å². The van der Waals surface area contributed by atoms with Crippen molar-refractivity contribution in [2.75, 3.05) is 18.0 Å². The Labute approximate surface area is 110 Å². The summed E-state index contributed by atoms with van der Waals surface area (Å²) in [6, 6.07) is 5.72. The molecular formula is C13H16BrNO2. The van der Waals surface area contributed by atoms with Crippen molar-refractivity contribution in [3.05, 3.63) is 28.2 Å². The highest BCUT2D eigenvalue weighted by Gasteiger charge is 2.28. The first-order valence-electron chi connectivity index (χ1n) is 5.74. The third-order valence-electron chi connectivity index (χ3n) is 3.30. The Hall–Kier alpha value is -0.870. The van der Waals surface area contributed by atoms with Crippen LogP contribution in [0.4, 0.5) is 5.69 Å². The van der Waals surface area contributed by atoms with Gasteiger partial charge in [0.05, 0.1) is 5.60 Å². The van der Waals surface area contributed by atoms with E-state index in [-0.39, 0.29) is 0 Å². The first-order valence-corrected chi connectivity index (χ1v) is 6.53. The molecule has 0 amide bonds. The van der Waals surface area contributed by atoms with Gasteiger partial charge in [-0.15, -0.1) is 0 Å². The van der Waals surface area contributed by atoms with E-state index in [1.807, 2.05) is 25.1 Å². The largest absolute Gasteiger partial charge is 0.390 e. The number of hydrogen-bond donors (Lipinski definition) is 1. The predicted octanol–water partition coefficient (Wildman–Crippen LogP) is 2.61. The van der Waals surface area contributed by atoms with Gasteiger partial charge in [0.2, 0.25) is 0 Å².